The lowest BCUT2D eigenvalue weighted by atomic mass is 10.1. The second kappa shape index (κ2) is 5.51. The van der Waals surface area contributed by atoms with Crippen LogP contribution in [0.3, 0.4) is 0 Å². The number of nitrogens with zero attached hydrogens (tertiary/aromatic N) is 2. The summed E-state index contributed by atoms with van der Waals surface area (Å²) in [5.41, 5.74) is 3.17. The standard InChI is InChI=1S/C13H11IN4OS/c14-8-5-16-18(6-8)7-10-9-3-1-2-4-11(9)20-12(10)13(19)17-15/h1-6H,7,15H2,(H,17,19). The van der Waals surface area contributed by atoms with Gasteiger partial charge in [0, 0.05) is 16.5 Å². The molecule has 0 saturated heterocycles. The number of nitrogens with one attached hydrogen (secondary N) is 1. The molecule has 0 aliphatic carbocycles. The number of carbonyl (C=O) groups is 1. The van der Waals surface area contributed by atoms with Gasteiger partial charge in [-0.05, 0) is 34.0 Å². The van der Waals surface area contributed by atoms with Crippen molar-refractivity contribution in [2.75, 3.05) is 0 Å². The van der Waals surface area contributed by atoms with Gasteiger partial charge in [0.25, 0.3) is 5.91 Å². The number of benzene rings is 1. The molecular weight excluding hydrogens is 387 g/mol. The number of hydrogen-bond donors (Lipinski definition) is 2. The number of fused-ring (bicyclic) bond motifs is 1. The van der Waals surface area contributed by atoms with Crippen molar-refractivity contribution in [3.63, 3.8) is 0 Å². The number of nitrogen functional groups attached to an aromatic ring is 1. The van der Waals surface area contributed by atoms with Gasteiger partial charge in [-0.3, -0.25) is 14.9 Å². The van der Waals surface area contributed by atoms with Crippen LogP contribution in [0.1, 0.15) is 15.2 Å². The average molecular weight is 398 g/mol. The summed E-state index contributed by atoms with van der Waals surface area (Å²) in [5.74, 6) is 5.01. The minimum atomic E-state index is -0.261. The average Bonchev–Trinajstić information content (AvgIpc) is 3.03. The first kappa shape index (κ1) is 13.5. The summed E-state index contributed by atoms with van der Waals surface area (Å²) >= 11 is 3.66. The lowest BCUT2D eigenvalue weighted by molar-refractivity contribution is 0.0957. The SMILES string of the molecule is NNC(=O)c1sc2ccccc2c1Cn1cc(I)cn1. The van der Waals surface area contributed by atoms with Crippen LogP contribution < -0.4 is 11.3 Å². The highest BCUT2D eigenvalue weighted by molar-refractivity contribution is 14.1. The van der Waals surface area contributed by atoms with E-state index in [4.69, 9.17) is 5.84 Å². The van der Waals surface area contributed by atoms with E-state index < -0.39 is 0 Å². The Balaban J connectivity index is 2.13. The molecule has 0 fully saturated rings. The Morgan fingerprint density at radius 2 is 2.25 bits per heavy atom. The van der Waals surface area contributed by atoms with Crippen molar-refractivity contribution in [1.29, 1.82) is 0 Å². The van der Waals surface area contributed by atoms with Gasteiger partial charge in [-0.25, -0.2) is 5.84 Å². The molecule has 2 heterocycles. The van der Waals surface area contributed by atoms with E-state index >= 15 is 0 Å². The van der Waals surface area contributed by atoms with E-state index in [1.807, 2.05) is 35.1 Å². The fourth-order valence-electron chi connectivity index (χ4n) is 2.09. The van der Waals surface area contributed by atoms with Crippen molar-refractivity contribution in [3.05, 3.63) is 50.7 Å². The number of aromatic nitrogens is 2. The van der Waals surface area contributed by atoms with Gasteiger partial charge in [0.1, 0.15) is 0 Å². The number of nitrogens with two attached hydrogens (primary N) is 1. The molecule has 1 aromatic carbocycles. The fourth-order valence-corrected chi connectivity index (χ4v) is 3.65. The Morgan fingerprint density at radius 1 is 1.45 bits per heavy atom. The predicted octanol–water partition coefficient (Wildman–Crippen LogP) is 2.35. The molecule has 5 nitrogen and oxygen atoms in total. The van der Waals surface area contributed by atoms with Crippen molar-refractivity contribution in [3.8, 4) is 0 Å². The van der Waals surface area contributed by atoms with E-state index in [1.165, 1.54) is 11.3 Å². The number of amides is 1. The van der Waals surface area contributed by atoms with Gasteiger partial charge >= 0.3 is 0 Å². The maximum atomic E-state index is 11.9. The first-order valence-electron chi connectivity index (χ1n) is 5.88. The zero-order chi connectivity index (χ0) is 14.1. The van der Waals surface area contributed by atoms with Crippen molar-refractivity contribution in [2.45, 2.75) is 6.54 Å². The van der Waals surface area contributed by atoms with Crippen molar-refractivity contribution in [2.24, 2.45) is 5.84 Å². The molecule has 0 saturated carbocycles. The van der Waals surface area contributed by atoms with Crippen LogP contribution in [0.2, 0.25) is 0 Å². The fraction of sp³-hybridized carbons (Fsp3) is 0.0769. The molecule has 1 amide bonds. The summed E-state index contributed by atoms with van der Waals surface area (Å²) in [6, 6.07) is 7.95. The smallest absolute Gasteiger partial charge is 0.275 e. The molecule has 7 heteroatoms. The maximum absolute atomic E-state index is 11.9. The van der Waals surface area contributed by atoms with Gasteiger partial charge in [-0.15, -0.1) is 11.3 Å². The molecule has 0 aliphatic rings. The molecule has 3 aromatic rings. The third-order valence-corrected chi connectivity index (χ3v) is 4.73. The summed E-state index contributed by atoms with van der Waals surface area (Å²) in [7, 11) is 0. The summed E-state index contributed by atoms with van der Waals surface area (Å²) < 4.78 is 3.96. The Hall–Kier alpha value is -1.45. The van der Waals surface area contributed by atoms with Gasteiger partial charge in [0.05, 0.1) is 21.2 Å². The number of carbonyl (C=O) groups excluding carboxylic acids is 1. The van der Waals surface area contributed by atoms with Crippen molar-refractivity contribution in [1.82, 2.24) is 15.2 Å². The normalized spacial score (nSPS) is 10.9. The van der Waals surface area contributed by atoms with Gasteiger partial charge in [-0.1, -0.05) is 18.2 Å². The van der Waals surface area contributed by atoms with Crippen LogP contribution in [-0.2, 0) is 6.54 Å². The van der Waals surface area contributed by atoms with Crippen LogP contribution in [0.25, 0.3) is 10.1 Å². The molecule has 2 aromatic heterocycles. The van der Waals surface area contributed by atoms with Crippen LogP contribution in [0.4, 0.5) is 0 Å². The van der Waals surface area contributed by atoms with E-state index in [0.29, 0.717) is 11.4 Å². The molecule has 0 unspecified atom stereocenters. The Kier molecular flexibility index (Phi) is 3.72. The lowest BCUT2D eigenvalue weighted by Crippen LogP contribution is -2.30. The van der Waals surface area contributed by atoms with Gasteiger partial charge in [0.15, 0.2) is 0 Å². The Morgan fingerprint density at radius 3 is 2.95 bits per heavy atom. The second-order valence-electron chi connectivity index (χ2n) is 4.24. The van der Waals surface area contributed by atoms with Crippen LogP contribution in [-0.4, -0.2) is 15.7 Å². The molecule has 0 atom stereocenters. The molecule has 0 bridgehead atoms. The minimum absolute atomic E-state index is 0.261. The highest BCUT2D eigenvalue weighted by atomic mass is 127. The van der Waals surface area contributed by atoms with E-state index in [1.54, 1.807) is 6.20 Å². The lowest BCUT2D eigenvalue weighted by Gasteiger charge is -2.04. The first-order chi connectivity index (χ1) is 9.69. The zero-order valence-electron chi connectivity index (χ0n) is 10.3. The monoisotopic (exact) mass is 398 g/mol. The number of thiophene rings is 1. The van der Waals surface area contributed by atoms with Gasteiger partial charge in [0.2, 0.25) is 0 Å². The van der Waals surface area contributed by atoms with E-state index in [0.717, 1.165) is 19.2 Å². The topological polar surface area (TPSA) is 72.9 Å². The Labute approximate surface area is 132 Å². The van der Waals surface area contributed by atoms with Crippen molar-refractivity contribution < 1.29 is 4.79 Å². The number of halogens is 1. The van der Waals surface area contributed by atoms with Gasteiger partial charge in [-0.2, -0.15) is 5.10 Å². The Bertz CT molecular complexity index is 780. The molecule has 0 radical (unpaired) electrons. The first-order valence-corrected chi connectivity index (χ1v) is 7.78. The van der Waals surface area contributed by atoms with Crippen molar-refractivity contribution >= 4 is 49.9 Å². The van der Waals surface area contributed by atoms with E-state index in [2.05, 4.69) is 33.1 Å². The number of hydrazine groups is 1. The summed E-state index contributed by atoms with van der Waals surface area (Å²) in [5, 5.41) is 5.35. The molecule has 3 rings (SSSR count). The van der Waals surface area contributed by atoms with E-state index in [9.17, 15) is 4.79 Å². The molecule has 20 heavy (non-hydrogen) atoms. The van der Waals surface area contributed by atoms with Crippen LogP contribution >= 0.6 is 33.9 Å². The highest BCUT2D eigenvalue weighted by Crippen LogP contribution is 2.31. The van der Waals surface area contributed by atoms with E-state index in [-0.39, 0.29) is 5.91 Å². The summed E-state index contributed by atoms with van der Waals surface area (Å²) in [6.45, 7) is 0.551. The second-order valence-corrected chi connectivity index (χ2v) is 6.53. The summed E-state index contributed by atoms with van der Waals surface area (Å²) in [4.78, 5) is 12.6. The van der Waals surface area contributed by atoms with Crippen LogP contribution in [0.5, 0.6) is 0 Å². The molecule has 3 N–H and O–H groups in total. The van der Waals surface area contributed by atoms with Crippen LogP contribution in [0.15, 0.2) is 36.7 Å². The molecule has 102 valence electrons. The number of rotatable bonds is 3. The zero-order valence-corrected chi connectivity index (χ0v) is 13.3. The molecular formula is C13H11IN4OS. The number of hydrogen-bond acceptors (Lipinski definition) is 4. The predicted molar refractivity (Wildman–Crippen MR) is 87.5 cm³/mol. The minimum Gasteiger partial charge on any atom is -0.289 e. The highest BCUT2D eigenvalue weighted by Gasteiger charge is 2.18. The maximum Gasteiger partial charge on any atom is 0.275 e. The third kappa shape index (κ3) is 2.43. The van der Waals surface area contributed by atoms with Crippen LogP contribution in [0, 0.1) is 3.57 Å². The van der Waals surface area contributed by atoms with Gasteiger partial charge < -0.3 is 0 Å². The third-order valence-electron chi connectivity index (χ3n) is 2.96. The molecule has 0 aliphatic heterocycles. The quantitative estimate of drug-likeness (QED) is 0.308. The molecule has 0 spiro atoms. The summed E-state index contributed by atoms with van der Waals surface area (Å²) in [6.07, 6.45) is 3.73. The largest absolute Gasteiger partial charge is 0.289 e.